The van der Waals surface area contributed by atoms with Crippen molar-refractivity contribution < 1.29 is 14.7 Å². The first-order valence-corrected chi connectivity index (χ1v) is 5.45. The van der Waals surface area contributed by atoms with Crippen molar-refractivity contribution in [3.8, 4) is 0 Å². The van der Waals surface area contributed by atoms with Crippen LogP contribution in [0.15, 0.2) is 24.3 Å². The molecule has 2 rings (SSSR count). The van der Waals surface area contributed by atoms with Gasteiger partial charge in [0.25, 0.3) is 0 Å². The van der Waals surface area contributed by atoms with Gasteiger partial charge in [-0.3, -0.25) is 4.90 Å². The van der Waals surface area contributed by atoms with Crippen molar-refractivity contribution in [2.45, 2.75) is 18.9 Å². The Bertz CT molecular complexity index is 438. The fourth-order valence-electron chi connectivity index (χ4n) is 1.44. The molecule has 0 heterocycles. The lowest BCUT2D eigenvalue weighted by Crippen LogP contribution is -2.38. The summed E-state index contributed by atoms with van der Waals surface area (Å²) in [6.45, 7) is 0. The monoisotopic (exact) mass is 234 g/mol. The number of carboxylic acid groups (broad SMARTS) is 1. The third-order valence-corrected chi connectivity index (χ3v) is 2.71. The van der Waals surface area contributed by atoms with Crippen molar-refractivity contribution in [3.05, 3.63) is 29.8 Å². The zero-order valence-corrected chi connectivity index (χ0v) is 9.51. The molecule has 0 bridgehead atoms. The number of amides is 2. The summed E-state index contributed by atoms with van der Waals surface area (Å²) < 4.78 is 0. The summed E-state index contributed by atoms with van der Waals surface area (Å²) >= 11 is 0. The van der Waals surface area contributed by atoms with Gasteiger partial charge < -0.3 is 10.4 Å². The fraction of sp³-hybridized carbons (Fsp3) is 0.333. The van der Waals surface area contributed by atoms with Crippen LogP contribution >= 0.6 is 0 Å². The Morgan fingerprint density at radius 3 is 2.35 bits per heavy atom. The molecule has 2 N–H and O–H groups in total. The van der Waals surface area contributed by atoms with Gasteiger partial charge in [-0.25, -0.2) is 9.59 Å². The molecule has 0 atom stereocenters. The first kappa shape index (κ1) is 11.4. The van der Waals surface area contributed by atoms with Crippen molar-refractivity contribution in [1.29, 1.82) is 0 Å². The van der Waals surface area contributed by atoms with Crippen LogP contribution in [0.5, 0.6) is 0 Å². The number of urea groups is 1. The van der Waals surface area contributed by atoms with E-state index in [1.165, 1.54) is 17.0 Å². The van der Waals surface area contributed by atoms with Crippen LogP contribution in [-0.4, -0.2) is 30.2 Å². The van der Waals surface area contributed by atoms with E-state index < -0.39 is 5.97 Å². The lowest BCUT2D eigenvalue weighted by atomic mass is 10.2. The van der Waals surface area contributed by atoms with Gasteiger partial charge in [-0.05, 0) is 37.1 Å². The standard InChI is InChI=1S/C12H14N2O3/c1-14(12(17)13-9-4-5-9)10-6-2-8(3-7-10)11(15)16/h2-3,6-7,9H,4-5H2,1H3,(H,13,17)(H,15,16). The predicted molar refractivity (Wildman–Crippen MR) is 63.4 cm³/mol. The van der Waals surface area contributed by atoms with Crippen LogP contribution in [0.1, 0.15) is 23.2 Å². The lowest BCUT2D eigenvalue weighted by Gasteiger charge is -2.17. The zero-order valence-electron chi connectivity index (χ0n) is 9.51. The average Bonchev–Trinajstić information content (AvgIpc) is 3.12. The Morgan fingerprint density at radius 2 is 1.88 bits per heavy atom. The third-order valence-electron chi connectivity index (χ3n) is 2.71. The minimum atomic E-state index is -0.971. The van der Waals surface area contributed by atoms with Gasteiger partial charge in [0.1, 0.15) is 0 Å². The Labute approximate surface area is 99.0 Å². The molecule has 1 aromatic rings. The molecule has 1 aromatic carbocycles. The molecule has 0 aromatic heterocycles. The number of benzene rings is 1. The molecular weight excluding hydrogens is 220 g/mol. The summed E-state index contributed by atoms with van der Waals surface area (Å²) in [5.74, 6) is -0.971. The summed E-state index contributed by atoms with van der Waals surface area (Å²) in [6, 6.07) is 6.36. The van der Waals surface area contributed by atoms with Crippen molar-refractivity contribution >= 4 is 17.7 Å². The third kappa shape index (κ3) is 2.75. The number of rotatable bonds is 3. The van der Waals surface area contributed by atoms with Gasteiger partial charge in [0, 0.05) is 18.8 Å². The number of carbonyl (C=O) groups is 2. The highest BCUT2D eigenvalue weighted by molar-refractivity contribution is 5.93. The molecule has 2 amide bonds. The molecule has 1 aliphatic carbocycles. The Hall–Kier alpha value is -2.04. The van der Waals surface area contributed by atoms with Gasteiger partial charge in [0.15, 0.2) is 0 Å². The second-order valence-electron chi connectivity index (χ2n) is 4.13. The maximum absolute atomic E-state index is 11.7. The molecule has 90 valence electrons. The Kier molecular flexibility index (Phi) is 2.99. The lowest BCUT2D eigenvalue weighted by molar-refractivity contribution is 0.0697. The van der Waals surface area contributed by atoms with E-state index in [-0.39, 0.29) is 11.6 Å². The second-order valence-corrected chi connectivity index (χ2v) is 4.13. The van der Waals surface area contributed by atoms with Crippen LogP contribution in [0.25, 0.3) is 0 Å². The molecule has 5 heteroatoms. The summed E-state index contributed by atoms with van der Waals surface area (Å²) in [7, 11) is 1.66. The smallest absolute Gasteiger partial charge is 0.335 e. The minimum absolute atomic E-state index is 0.157. The van der Waals surface area contributed by atoms with E-state index in [1.807, 2.05) is 0 Å². The van der Waals surface area contributed by atoms with Gasteiger partial charge in [0.2, 0.25) is 0 Å². The molecule has 1 saturated carbocycles. The van der Waals surface area contributed by atoms with Gasteiger partial charge in [-0.1, -0.05) is 0 Å². The van der Waals surface area contributed by atoms with E-state index in [9.17, 15) is 9.59 Å². The van der Waals surface area contributed by atoms with Crippen molar-refractivity contribution in [2.24, 2.45) is 0 Å². The highest BCUT2D eigenvalue weighted by atomic mass is 16.4. The van der Waals surface area contributed by atoms with Crippen LogP contribution < -0.4 is 10.2 Å². The number of hydrogen-bond acceptors (Lipinski definition) is 2. The molecule has 0 unspecified atom stereocenters. The normalized spacial score (nSPS) is 14.2. The molecule has 17 heavy (non-hydrogen) atoms. The number of hydrogen-bond donors (Lipinski definition) is 2. The summed E-state index contributed by atoms with van der Waals surface area (Å²) in [5, 5.41) is 11.6. The van der Waals surface area contributed by atoms with Crippen molar-refractivity contribution in [3.63, 3.8) is 0 Å². The first-order chi connectivity index (χ1) is 8.08. The number of anilines is 1. The van der Waals surface area contributed by atoms with Gasteiger partial charge in [0.05, 0.1) is 5.56 Å². The predicted octanol–water partition coefficient (Wildman–Crippen LogP) is 1.69. The van der Waals surface area contributed by atoms with Crippen molar-refractivity contribution in [2.75, 3.05) is 11.9 Å². The number of carbonyl (C=O) groups excluding carboxylic acids is 1. The molecule has 1 fully saturated rings. The maximum atomic E-state index is 11.7. The van der Waals surface area contributed by atoms with Crippen molar-refractivity contribution in [1.82, 2.24) is 5.32 Å². The summed E-state index contributed by atoms with van der Waals surface area (Å²) in [6.07, 6.45) is 2.08. The fourth-order valence-corrected chi connectivity index (χ4v) is 1.44. The van der Waals surface area contributed by atoms with E-state index in [2.05, 4.69) is 5.32 Å². The van der Waals surface area contributed by atoms with E-state index in [0.29, 0.717) is 11.7 Å². The number of nitrogens with one attached hydrogen (secondary N) is 1. The van der Waals surface area contributed by atoms with E-state index in [4.69, 9.17) is 5.11 Å². The van der Waals surface area contributed by atoms with Crippen LogP contribution in [0.3, 0.4) is 0 Å². The maximum Gasteiger partial charge on any atom is 0.335 e. The first-order valence-electron chi connectivity index (χ1n) is 5.45. The molecule has 0 radical (unpaired) electrons. The van der Waals surface area contributed by atoms with Crippen LogP contribution in [0.2, 0.25) is 0 Å². The summed E-state index contributed by atoms with van der Waals surface area (Å²) in [4.78, 5) is 23.9. The molecule has 0 saturated heterocycles. The van der Waals surface area contributed by atoms with Gasteiger partial charge >= 0.3 is 12.0 Å². The highest BCUT2D eigenvalue weighted by Crippen LogP contribution is 2.20. The molecule has 0 aliphatic heterocycles. The molecular formula is C12H14N2O3. The van der Waals surface area contributed by atoms with Crippen LogP contribution in [0, 0.1) is 0 Å². The topological polar surface area (TPSA) is 69.6 Å². The Balaban J connectivity index is 2.04. The van der Waals surface area contributed by atoms with Crippen LogP contribution in [0.4, 0.5) is 10.5 Å². The summed E-state index contributed by atoms with van der Waals surface area (Å²) in [5.41, 5.74) is 0.887. The molecule has 5 nitrogen and oxygen atoms in total. The van der Waals surface area contributed by atoms with Gasteiger partial charge in [-0.15, -0.1) is 0 Å². The number of aromatic carboxylic acids is 1. The second kappa shape index (κ2) is 4.45. The number of carboxylic acids is 1. The largest absolute Gasteiger partial charge is 0.478 e. The quantitative estimate of drug-likeness (QED) is 0.836. The van der Waals surface area contributed by atoms with E-state index >= 15 is 0 Å². The SMILES string of the molecule is CN(C(=O)NC1CC1)c1ccc(C(=O)O)cc1. The number of nitrogens with zero attached hydrogens (tertiary/aromatic N) is 1. The van der Waals surface area contributed by atoms with E-state index in [1.54, 1.807) is 19.2 Å². The minimum Gasteiger partial charge on any atom is -0.478 e. The van der Waals surface area contributed by atoms with Gasteiger partial charge in [-0.2, -0.15) is 0 Å². The molecule has 0 spiro atoms. The molecule has 1 aliphatic rings. The zero-order chi connectivity index (χ0) is 12.4. The van der Waals surface area contributed by atoms with E-state index in [0.717, 1.165) is 12.8 Å². The van der Waals surface area contributed by atoms with Crippen LogP contribution in [-0.2, 0) is 0 Å². The Morgan fingerprint density at radius 1 is 1.29 bits per heavy atom. The average molecular weight is 234 g/mol. The highest BCUT2D eigenvalue weighted by Gasteiger charge is 2.25.